The number of carbonyl (C=O) groups excluding carboxylic acids is 2. The summed E-state index contributed by atoms with van der Waals surface area (Å²) in [6.07, 6.45) is 1.94. The van der Waals surface area contributed by atoms with Gasteiger partial charge in [-0.1, -0.05) is 0 Å². The number of nitrogens with zero attached hydrogens (tertiary/aromatic N) is 3. The van der Waals surface area contributed by atoms with E-state index in [2.05, 4.69) is 10.4 Å². The second kappa shape index (κ2) is 7.51. The second-order valence-electron chi connectivity index (χ2n) is 7.30. The molecule has 0 spiro atoms. The zero-order valence-electron chi connectivity index (χ0n) is 15.7. The van der Waals surface area contributed by atoms with Gasteiger partial charge in [0.15, 0.2) is 0 Å². The first-order valence-corrected chi connectivity index (χ1v) is 9.63. The van der Waals surface area contributed by atoms with Crippen molar-refractivity contribution in [1.82, 2.24) is 14.7 Å². The molecule has 0 aliphatic carbocycles. The predicted octanol–water partition coefficient (Wildman–Crippen LogP) is 0.192. The molecule has 3 aliphatic rings. The first-order chi connectivity index (χ1) is 13.5. The molecular weight excluding hydrogens is 368 g/mol. The van der Waals surface area contributed by atoms with Crippen LogP contribution in [0.15, 0.2) is 6.20 Å². The number of anilines is 1. The predicted molar refractivity (Wildman–Crippen MR) is 95.8 cm³/mol. The first-order valence-electron chi connectivity index (χ1n) is 9.63. The summed E-state index contributed by atoms with van der Waals surface area (Å²) in [4.78, 5) is 39.2. The molecule has 4 heterocycles. The van der Waals surface area contributed by atoms with E-state index in [9.17, 15) is 19.5 Å². The van der Waals surface area contributed by atoms with Crippen LogP contribution >= 0.6 is 0 Å². The Morgan fingerprint density at radius 2 is 1.89 bits per heavy atom. The number of nitrogens with one attached hydrogen (secondary N) is 1. The average molecular weight is 392 g/mol. The van der Waals surface area contributed by atoms with Crippen molar-refractivity contribution in [2.75, 3.05) is 31.6 Å². The van der Waals surface area contributed by atoms with Gasteiger partial charge < -0.3 is 24.8 Å². The van der Waals surface area contributed by atoms with Crippen molar-refractivity contribution < 1.29 is 29.0 Å². The summed E-state index contributed by atoms with van der Waals surface area (Å²) < 4.78 is 12.5. The van der Waals surface area contributed by atoms with Crippen LogP contribution in [0.4, 0.5) is 5.69 Å². The summed E-state index contributed by atoms with van der Waals surface area (Å²) in [7, 11) is 0. The minimum absolute atomic E-state index is 0.225. The van der Waals surface area contributed by atoms with Crippen LogP contribution in [0.25, 0.3) is 0 Å². The number of fused-ring (bicyclic) bond motifs is 2. The molecule has 28 heavy (non-hydrogen) atoms. The molecule has 0 radical (unpaired) electrons. The van der Waals surface area contributed by atoms with Crippen molar-refractivity contribution in [2.24, 2.45) is 11.8 Å². The van der Waals surface area contributed by atoms with Crippen LogP contribution < -0.4 is 5.32 Å². The van der Waals surface area contributed by atoms with E-state index < -0.39 is 35.9 Å². The second-order valence-corrected chi connectivity index (χ2v) is 7.30. The number of aryl methyl sites for hydroxylation is 1. The number of amides is 2. The van der Waals surface area contributed by atoms with Crippen molar-refractivity contribution >= 4 is 23.5 Å². The van der Waals surface area contributed by atoms with Gasteiger partial charge in [-0.3, -0.25) is 19.1 Å². The van der Waals surface area contributed by atoms with E-state index in [1.54, 1.807) is 9.58 Å². The van der Waals surface area contributed by atoms with E-state index in [0.29, 0.717) is 57.1 Å². The Morgan fingerprint density at radius 1 is 1.21 bits per heavy atom. The van der Waals surface area contributed by atoms with Crippen LogP contribution in [0.5, 0.6) is 0 Å². The lowest BCUT2D eigenvalue weighted by Crippen LogP contribution is -2.43. The van der Waals surface area contributed by atoms with Gasteiger partial charge in [0.1, 0.15) is 5.69 Å². The average Bonchev–Trinajstić information content (AvgIpc) is 3.42. The number of rotatable bonds is 5. The van der Waals surface area contributed by atoms with Gasteiger partial charge in [0.2, 0.25) is 5.91 Å². The quantitative estimate of drug-likeness (QED) is 0.733. The van der Waals surface area contributed by atoms with Gasteiger partial charge in [-0.15, -0.1) is 0 Å². The van der Waals surface area contributed by atoms with Crippen molar-refractivity contribution in [3.63, 3.8) is 0 Å². The number of hydrogen-bond donors (Lipinski definition) is 2. The molecule has 4 atom stereocenters. The lowest BCUT2D eigenvalue weighted by molar-refractivity contribution is -0.147. The highest BCUT2D eigenvalue weighted by atomic mass is 16.5. The molecule has 3 aliphatic heterocycles. The molecule has 152 valence electrons. The molecule has 3 fully saturated rings. The highest BCUT2D eigenvalue weighted by molar-refractivity contribution is 6.04. The van der Waals surface area contributed by atoms with Crippen molar-refractivity contribution in [1.29, 1.82) is 0 Å². The van der Waals surface area contributed by atoms with Crippen molar-refractivity contribution in [3.05, 3.63) is 11.9 Å². The van der Waals surface area contributed by atoms with Crippen LogP contribution in [0, 0.1) is 11.8 Å². The Balaban J connectivity index is 1.56. The van der Waals surface area contributed by atoms with Crippen LogP contribution in [-0.4, -0.2) is 76.1 Å². The highest BCUT2D eigenvalue weighted by Crippen LogP contribution is 2.44. The zero-order valence-corrected chi connectivity index (χ0v) is 15.7. The van der Waals surface area contributed by atoms with E-state index in [-0.39, 0.29) is 5.91 Å². The fourth-order valence-corrected chi connectivity index (χ4v) is 4.40. The molecule has 0 unspecified atom stereocenters. The number of carboxylic acid groups (broad SMARTS) is 1. The van der Waals surface area contributed by atoms with Gasteiger partial charge in [-0.25, -0.2) is 0 Å². The standard InChI is InChI=1S/C18H24N4O6/c1-2-22-15(17(24)21-5-7-27-8-6-21)10(9-19-22)20-16(23)13-11-3-4-12(28-11)14(13)18(25)26/h9,11-14H,2-8H2,1H3,(H,20,23)(H,25,26)/t11-,12+,13+,14+/m1/s1. The lowest BCUT2D eigenvalue weighted by atomic mass is 9.78. The third-order valence-corrected chi connectivity index (χ3v) is 5.76. The Hall–Kier alpha value is -2.46. The SMILES string of the molecule is CCn1ncc(NC(=O)[C@@H]2[C@@H](C(=O)O)[C@@H]3CC[C@H]2O3)c1C(=O)N1CCOCC1. The smallest absolute Gasteiger partial charge is 0.310 e. The highest BCUT2D eigenvalue weighted by Gasteiger charge is 2.55. The van der Waals surface area contributed by atoms with Gasteiger partial charge >= 0.3 is 5.97 Å². The van der Waals surface area contributed by atoms with Crippen LogP contribution in [0.2, 0.25) is 0 Å². The van der Waals surface area contributed by atoms with Gasteiger partial charge in [0, 0.05) is 19.6 Å². The summed E-state index contributed by atoms with van der Waals surface area (Å²) >= 11 is 0. The van der Waals surface area contributed by atoms with E-state index in [0.717, 1.165) is 0 Å². The summed E-state index contributed by atoms with van der Waals surface area (Å²) in [5.41, 5.74) is 0.601. The van der Waals surface area contributed by atoms with E-state index in [1.165, 1.54) is 6.20 Å². The summed E-state index contributed by atoms with van der Waals surface area (Å²) in [6.45, 7) is 4.22. The van der Waals surface area contributed by atoms with Gasteiger partial charge in [-0.05, 0) is 19.8 Å². The Labute approximate surface area is 161 Å². The summed E-state index contributed by atoms with van der Waals surface area (Å²) in [5, 5.41) is 16.5. The minimum atomic E-state index is -1.03. The Morgan fingerprint density at radius 3 is 2.54 bits per heavy atom. The fraction of sp³-hybridized carbons (Fsp3) is 0.667. The molecule has 2 N–H and O–H groups in total. The fourth-order valence-electron chi connectivity index (χ4n) is 4.40. The number of morpholine rings is 1. The minimum Gasteiger partial charge on any atom is -0.481 e. The van der Waals surface area contributed by atoms with Crippen LogP contribution in [-0.2, 0) is 25.6 Å². The maximum atomic E-state index is 13.0. The molecule has 10 nitrogen and oxygen atoms in total. The van der Waals surface area contributed by atoms with Crippen LogP contribution in [0.1, 0.15) is 30.3 Å². The molecule has 0 saturated carbocycles. The maximum Gasteiger partial charge on any atom is 0.310 e. The van der Waals surface area contributed by atoms with Crippen LogP contribution in [0.3, 0.4) is 0 Å². The molecular formula is C18H24N4O6. The Kier molecular flexibility index (Phi) is 5.07. The third-order valence-electron chi connectivity index (χ3n) is 5.76. The third kappa shape index (κ3) is 3.16. The molecule has 10 heteroatoms. The number of ether oxygens (including phenoxy) is 2. The van der Waals surface area contributed by atoms with Gasteiger partial charge in [0.25, 0.3) is 5.91 Å². The summed E-state index contributed by atoms with van der Waals surface area (Å²) in [5.74, 6) is -3.32. The van der Waals surface area contributed by atoms with E-state index in [1.807, 2.05) is 6.92 Å². The normalized spacial score (nSPS) is 29.1. The Bertz CT molecular complexity index is 787. The summed E-state index contributed by atoms with van der Waals surface area (Å²) in [6, 6.07) is 0. The topological polar surface area (TPSA) is 123 Å². The number of carboxylic acids is 1. The zero-order chi connectivity index (χ0) is 19.8. The molecule has 1 aromatic heterocycles. The number of carbonyl (C=O) groups is 3. The monoisotopic (exact) mass is 392 g/mol. The molecule has 4 rings (SSSR count). The molecule has 3 saturated heterocycles. The van der Waals surface area contributed by atoms with Gasteiger partial charge in [-0.2, -0.15) is 5.10 Å². The number of aromatic nitrogens is 2. The van der Waals surface area contributed by atoms with E-state index >= 15 is 0 Å². The van der Waals surface area contributed by atoms with E-state index in [4.69, 9.17) is 9.47 Å². The van der Waals surface area contributed by atoms with Crippen molar-refractivity contribution in [2.45, 2.75) is 38.5 Å². The number of aliphatic carboxylic acids is 1. The first kappa shape index (κ1) is 18.9. The largest absolute Gasteiger partial charge is 0.481 e. The maximum absolute atomic E-state index is 13.0. The number of hydrogen-bond acceptors (Lipinski definition) is 6. The molecule has 1 aromatic rings. The molecule has 2 amide bonds. The lowest BCUT2D eigenvalue weighted by Gasteiger charge is -2.27. The van der Waals surface area contributed by atoms with Crippen molar-refractivity contribution in [3.8, 4) is 0 Å². The molecule has 2 bridgehead atoms. The molecule has 0 aromatic carbocycles. The van der Waals surface area contributed by atoms with Gasteiger partial charge in [0.05, 0.1) is 49.1 Å².